The maximum atomic E-state index is 6.92. The standard InChI is InChI=1S/C56H62N4O2/c1-31(2)39-17-15-18-40(32(3)4)49(39)35-27-57-59(29-35)37-23-43-51-47(61-53(43)45(25-37)55(9,10)11)21-22-48-52(51)44-24-38(26-46(54(44)62-48)56(12,13)14)60-30-36(28-58-60)50-41(33(5)6)19-16-20-42(50)34(7)8/h15-34H,1-14H3. The van der Waals surface area contributed by atoms with Crippen LogP contribution in [0.4, 0.5) is 0 Å². The van der Waals surface area contributed by atoms with E-state index in [1.54, 1.807) is 0 Å². The summed E-state index contributed by atoms with van der Waals surface area (Å²) in [6, 6.07) is 26.6. The highest BCUT2D eigenvalue weighted by Gasteiger charge is 2.28. The molecule has 62 heavy (non-hydrogen) atoms. The second-order valence-electron chi connectivity index (χ2n) is 20.8. The molecule has 0 amide bonds. The van der Waals surface area contributed by atoms with Gasteiger partial charge in [0, 0.05) is 56.2 Å². The minimum atomic E-state index is -0.210. The smallest absolute Gasteiger partial charge is 0.139 e. The van der Waals surface area contributed by atoms with Gasteiger partial charge in [-0.1, -0.05) is 133 Å². The number of rotatable bonds is 8. The van der Waals surface area contributed by atoms with Crippen molar-refractivity contribution in [3.8, 4) is 33.6 Å². The molecule has 9 aromatic rings. The average Bonchev–Trinajstić information content (AvgIpc) is 4.03. The SMILES string of the molecule is CC(C)c1cccc(C(C)C)c1-c1cnn(-c2cc(C(C)(C)C)c3oc4ccc5oc6c(C(C)(C)C)cc(-n7cc(-c8c(C(C)C)cccc8C(C)C)cn7)cc6c5c4c3c2)c1. The molecule has 4 heterocycles. The molecule has 4 aromatic heterocycles. The van der Waals surface area contributed by atoms with Crippen LogP contribution in [0.3, 0.4) is 0 Å². The lowest BCUT2D eigenvalue weighted by Gasteiger charge is -2.20. The van der Waals surface area contributed by atoms with E-state index >= 15 is 0 Å². The zero-order chi connectivity index (χ0) is 44.2. The molecule has 6 nitrogen and oxygen atoms in total. The van der Waals surface area contributed by atoms with Gasteiger partial charge < -0.3 is 8.83 Å². The third kappa shape index (κ3) is 6.87. The Morgan fingerprint density at radius 3 is 1.11 bits per heavy atom. The summed E-state index contributed by atoms with van der Waals surface area (Å²) in [6.45, 7) is 31.7. The van der Waals surface area contributed by atoms with Crippen LogP contribution in [-0.4, -0.2) is 19.6 Å². The summed E-state index contributed by atoms with van der Waals surface area (Å²) in [7, 11) is 0. The highest BCUT2D eigenvalue weighted by Crippen LogP contribution is 2.47. The quantitative estimate of drug-likeness (QED) is 0.153. The summed E-state index contributed by atoms with van der Waals surface area (Å²) in [5, 5.41) is 14.3. The Balaban J connectivity index is 1.29. The van der Waals surface area contributed by atoms with Gasteiger partial charge in [0.1, 0.15) is 22.3 Å². The fourth-order valence-corrected chi connectivity index (χ4v) is 9.64. The summed E-state index contributed by atoms with van der Waals surface area (Å²) in [6.07, 6.45) is 8.47. The Bertz CT molecular complexity index is 2900. The van der Waals surface area contributed by atoms with Gasteiger partial charge in [0.05, 0.1) is 23.8 Å². The molecule has 0 unspecified atom stereocenters. The first-order valence-electron chi connectivity index (χ1n) is 22.6. The third-order valence-corrected chi connectivity index (χ3v) is 12.9. The number of hydrogen-bond donors (Lipinski definition) is 0. The van der Waals surface area contributed by atoms with Crippen molar-refractivity contribution in [3.63, 3.8) is 0 Å². The predicted octanol–water partition coefficient (Wildman–Crippen LogP) is 16.3. The minimum Gasteiger partial charge on any atom is -0.456 e. The summed E-state index contributed by atoms with van der Waals surface area (Å²) in [4.78, 5) is 0. The molecule has 9 rings (SSSR count). The van der Waals surface area contributed by atoms with E-state index in [9.17, 15) is 0 Å². The summed E-state index contributed by atoms with van der Waals surface area (Å²) >= 11 is 0. The number of furan rings is 2. The fraction of sp³-hybridized carbons (Fsp3) is 0.357. The highest BCUT2D eigenvalue weighted by atomic mass is 16.3. The van der Waals surface area contributed by atoms with Gasteiger partial charge in [-0.3, -0.25) is 0 Å². The van der Waals surface area contributed by atoms with Crippen LogP contribution in [0.1, 0.15) is 154 Å². The molecule has 0 saturated heterocycles. The second-order valence-corrected chi connectivity index (χ2v) is 20.8. The summed E-state index contributed by atoms with van der Waals surface area (Å²) < 4.78 is 17.9. The number of aromatic nitrogens is 4. The van der Waals surface area contributed by atoms with E-state index < -0.39 is 0 Å². The first-order valence-corrected chi connectivity index (χ1v) is 22.6. The largest absolute Gasteiger partial charge is 0.456 e. The van der Waals surface area contributed by atoms with E-state index in [0.29, 0.717) is 23.7 Å². The van der Waals surface area contributed by atoms with Gasteiger partial charge in [-0.2, -0.15) is 10.2 Å². The van der Waals surface area contributed by atoms with Crippen LogP contribution >= 0.6 is 0 Å². The molecule has 0 fully saturated rings. The molecule has 0 radical (unpaired) electrons. The van der Waals surface area contributed by atoms with E-state index in [1.165, 1.54) is 33.4 Å². The normalized spacial score (nSPS) is 12.9. The summed E-state index contributed by atoms with van der Waals surface area (Å²) in [5.74, 6) is 1.53. The van der Waals surface area contributed by atoms with Gasteiger partial charge in [-0.15, -0.1) is 0 Å². The number of hydrogen-bond acceptors (Lipinski definition) is 4. The molecule has 0 N–H and O–H groups in total. The highest BCUT2D eigenvalue weighted by molar-refractivity contribution is 6.26. The predicted molar refractivity (Wildman–Crippen MR) is 260 cm³/mol. The molecule has 0 atom stereocenters. The van der Waals surface area contributed by atoms with E-state index in [-0.39, 0.29) is 10.8 Å². The molecular formula is C56H62N4O2. The molecule has 6 heteroatoms. The van der Waals surface area contributed by atoms with E-state index in [1.807, 2.05) is 21.8 Å². The van der Waals surface area contributed by atoms with E-state index in [2.05, 4.69) is 182 Å². The number of nitrogens with zero attached hydrogens (tertiary/aromatic N) is 4. The van der Waals surface area contributed by atoms with Crippen LogP contribution in [-0.2, 0) is 10.8 Å². The second kappa shape index (κ2) is 14.9. The van der Waals surface area contributed by atoms with Crippen molar-refractivity contribution >= 4 is 43.9 Å². The molecular weight excluding hydrogens is 761 g/mol. The van der Waals surface area contributed by atoms with Crippen molar-refractivity contribution in [2.45, 2.75) is 131 Å². The van der Waals surface area contributed by atoms with Crippen LogP contribution < -0.4 is 0 Å². The lowest BCUT2D eigenvalue weighted by Crippen LogP contribution is -2.12. The Morgan fingerprint density at radius 1 is 0.468 bits per heavy atom. The van der Waals surface area contributed by atoms with Crippen LogP contribution in [0.5, 0.6) is 0 Å². The molecule has 0 spiro atoms. The van der Waals surface area contributed by atoms with Crippen LogP contribution in [0.15, 0.2) is 106 Å². The van der Waals surface area contributed by atoms with Crippen molar-refractivity contribution in [3.05, 3.63) is 131 Å². The molecule has 318 valence electrons. The molecule has 0 saturated carbocycles. The first kappa shape index (κ1) is 41.5. The van der Waals surface area contributed by atoms with E-state index in [0.717, 1.165) is 77.5 Å². The van der Waals surface area contributed by atoms with Gasteiger partial charge in [-0.05, 0) is 104 Å². The Morgan fingerprint density at radius 2 is 0.806 bits per heavy atom. The third-order valence-electron chi connectivity index (χ3n) is 12.9. The van der Waals surface area contributed by atoms with Gasteiger partial charge in [-0.25, -0.2) is 9.36 Å². The monoisotopic (exact) mass is 822 g/mol. The lowest BCUT2D eigenvalue weighted by molar-refractivity contribution is 0.570. The van der Waals surface area contributed by atoms with Gasteiger partial charge >= 0.3 is 0 Å². The molecule has 5 aromatic carbocycles. The first-order chi connectivity index (χ1) is 29.3. The van der Waals surface area contributed by atoms with Crippen molar-refractivity contribution < 1.29 is 8.83 Å². The van der Waals surface area contributed by atoms with Crippen molar-refractivity contribution in [1.29, 1.82) is 0 Å². The zero-order valence-corrected chi connectivity index (χ0v) is 39.2. The fourth-order valence-electron chi connectivity index (χ4n) is 9.64. The number of fused-ring (bicyclic) bond motifs is 7. The Hall–Kier alpha value is -5.88. The maximum absolute atomic E-state index is 6.92. The molecule has 0 aliphatic carbocycles. The average molecular weight is 823 g/mol. The van der Waals surface area contributed by atoms with Crippen molar-refractivity contribution in [2.24, 2.45) is 0 Å². The van der Waals surface area contributed by atoms with Crippen molar-refractivity contribution in [2.75, 3.05) is 0 Å². The van der Waals surface area contributed by atoms with Crippen LogP contribution in [0, 0.1) is 0 Å². The van der Waals surface area contributed by atoms with Crippen molar-refractivity contribution in [1.82, 2.24) is 19.6 Å². The van der Waals surface area contributed by atoms with Gasteiger partial charge in [0.2, 0.25) is 0 Å². The molecule has 0 aliphatic rings. The lowest BCUT2D eigenvalue weighted by atomic mass is 9.84. The Labute approximate surface area is 366 Å². The maximum Gasteiger partial charge on any atom is 0.139 e. The van der Waals surface area contributed by atoms with Gasteiger partial charge in [0.25, 0.3) is 0 Å². The van der Waals surface area contributed by atoms with Crippen LogP contribution in [0.2, 0.25) is 0 Å². The summed E-state index contributed by atoms with van der Waals surface area (Å²) in [5.41, 5.74) is 17.5. The minimum absolute atomic E-state index is 0.210. The number of benzene rings is 5. The topological polar surface area (TPSA) is 61.9 Å². The van der Waals surface area contributed by atoms with Crippen LogP contribution in [0.25, 0.3) is 77.5 Å². The van der Waals surface area contributed by atoms with Gasteiger partial charge in [0.15, 0.2) is 0 Å². The molecule has 0 bridgehead atoms. The zero-order valence-electron chi connectivity index (χ0n) is 39.2. The molecule has 0 aliphatic heterocycles. The van der Waals surface area contributed by atoms with E-state index in [4.69, 9.17) is 19.0 Å². The Kier molecular flexibility index (Phi) is 9.96.